The van der Waals surface area contributed by atoms with E-state index < -0.39 is 0 Å². The summed E-state index contributed by atoms with van der Waals surface area (Å²) in [6.07, 6.45) is 0. The Kier molecular flexibility index (Phi) is 4.79. The highest BCUT2D eigenvalue weighted by atomic mass is 16.5. The second-order valence-electron chi connectivity index (χ2n) is 4.50. The Morgan fingerprint density at radius 1 is 1.19 bits per heavy atom. The van der Waals surface area contributed by atoms with Crippen molar-refractivity contribution in [1.29, 1.82) is 0 Å². The first-order valence-corrected chi connectivity index (χ1v) is 6.47. The Labute approximate surface area is 123 Å². The number of rotatable bonds is 5. The van der Waals surface area contributed by atoms with Crippen LogP contribution in [0.1, 0.15) is 15.9 Å². The zero-order valence-electron chi connectivity index (χ0n) is 12.1. The Hall–Kier alpha value is -2.53. The van der Waals surface area contributed by atoms with Crippen LogP contribution < -0.4 is 15.8 Å². The summed E-state index contributed by atoms with van der Waals surface area (Å²) in [6.45, 7) is 0.432. The van der Waals surface area contributed by atoms with Crippen LogP contribution in [0.4, 0.5) is 11.4 Å². The van der Waals surface area contributed by atoms with Crippen molar-refractivity contribution in [3.63, 3.8) is 0 Å². The molecule has 0 fully saturated rings. The zero-order chi connectivity index (χ0) is 15.2. The van der Waals surface area contributed by atoms with Crippen molar-refractivity contribution in [3.8, 4) is 5.75 Å². The zero-order valence-corrected chi connectivity index (χ0v) is 12.1. The number of hydrogen-bond donors (Lipinski definition) is 2. The minimum atomic E-state index is -0.225. The molecule has 2 aromatic rings. The van der Waals surface area contributed by atoms with Gasteiger partial charge < -0.3 is 20.5 Å². The minimum absolute atomic E-state index is 0.225. The van der Waals surface area contributed by atoms with E-state index in [0.29, 0.717) is 23.6 Å². The molecular formula is C16H18N2O3. The molecule has 2 aromatic carbocycles. The second kappa shape index (κ2) is 6.76. The van der Waals surface area contributed by atoms with Gasteiger partial charge in [-0.25, -0.2) is 0 Å². The molecule has 0 saturated heterocycles. The molecule has 0 aliphatic heterocycles. The molecule has 0 atom stereocenters. The van der Waals surface area contributed by atoms with E-state index in [2.05, 4.69) is 5.32 Å². The van der Waals surface area contributed by atoms with Gasteiger partial charge in [0.2, 0.25) is 0 Å². The molecule has 0 unspecified atom stereocenters. The van der Waals surface area contributed by atoms with Crippen LogP contribution in [0.3, 0.4) is 0 Å². The predicted octanol–water partition coefficient (Wildman–Crippen LogP) is 2.68. The molecule has 3 N–H and O–H groups in total. The van der Waals surface area contributed by atoms with Gasteiger partial charge in [-0.2, -0.15) is 0 Å². The lowest BCUT2D eigenvalue weighted by Crippen LogP contribution is -2.13. The fraction of sp³-hybridized carbons (Fsp3) is 0.188. The van der Waals surface area contributed by atoms with Gasteiger partial charge >= 0.3 is 0 Å². The number of carbonyl (C=O) groups is 1. The van der Waals surface area contributed by atoms with Crippen LogP contribution in [0.2, 0.25) is 0 Å². The summed E-state index contributed by atoms with van der Waals surface area (Å²) in [6, 6.07) is 12.4. The van der Waals surface area contributed by atoms with Gasteiger partial charge in [0.15, 0.2) is 0 Å². The third-order valence-corrected chi connectivity index (χ3v) is 3.06. The Balaban J connectivity index is 2.22. The number of nitrogen functional groups attached to an aromatic ring is 1. The molecule has 0 aromatic heterocycles. The maximum absolute atomic E-state index is 12.3. The summed E-state index contributed by atoms with van der Waals surface area (Å²) < 4.78 is 10.2. The van der Waals surface area contributed by atoms with Crippen LogP contribution in [-0.4, -0.2) is 20.1 Å². The number of para-hydroxylation sites is 1. The highest BCUT2D eigenvalue weighted by Gasteiger charge is 2.11. The van der Waals surface area contributed by atoms with E-state index in [1.807, 2.05) is 24.3 Å². The van der Waals surface area contributed by atoms with E-state index in [9.17, 15) is 4.79 Å². The van der Waals surface area contributed by atoms with E-state index in [0.717, 1.165) is 11.3 Å². The van der Waals surface area contributed by atoms with E-state index in [4.69, 9.17) is 15.2 Å². The summed E-state index contributed by atoms with van der Waals surface area (Å²) in [7, 11) is 3.13. The minimum Gasteiger partial charge on any atom is -0.495 e. The highest BCUT2D eigenvalue weighted by Crippen LogP contribution is 2.23. The molecule has 110 valence electrons. The van der Waals surface area contributed by atoms with Crippen LogP contribution in [0, 0.1) is 0 Å². The SMILES string of the molecule is COCc1ccccc1NC(=O)c1ccc(N)c(OC)c1. The number of amides is 1. The van der Waals surface area contributed by atoms with Crippen LogP contribution in [0.5, 0.6) is 5.75 Å². The maximum atomic E-state index is 12.3. The van der Waals surface area contributed by atoms with Crippen molar-refractivity contribution >= 4 is 17.3 Å². The van der Waals surface area contributed by atoms with Gasteiger partial charge in [0, 0.05) is 23.9 Å². The standard InChI is InChI=1S/C16H18N2O3/c1-20-10-12-5-3-4-6-14(12)18-16(19)11-7-8-13(17)15(9-11)21-2/h3-9H,10,17H2,1-2H3,(H,18,19). The fourth-order valence-corrected chi connectivity index (χ4v) is 1.97. The van der Waals surface area contributed by atoms with E-state index >= 15 is 0 Å². The molecular weight excluding hydrogens is 268 g/mol. The summed E-state index contributed by atoms with van der Waals surface area (Å²) in [5, 5.41) is 2.87. The second-order valence-corrected chi connectivity index (χ2v) is 4.50. The van der Waals surface area contributed by atoms with Gasteiger partial charge in [0.1, 0.15) is 5.75 Å². The van der Waals surface area contributed by atoms with Crippen molar-refractivity contribution in [2.45, 2.75) is 6.61 Å². The van der Waals surface area contributed by atoms with Crippen molar-refractivity contribution in [2.24, 2.45) is 0 Å². The van der Waals surface area contributed by atoms with E-state index in [1.165, 1.54) is 7.11 Å². The van der Waals surface area contributed by atoms with Crippen LogP contribution in [-0.2, 0) is 11.3 Å². The third-order valence-electron chi connectivity index (χ3n) is 3.06. The average Bonchev–Trinajstić information content (AvgIpc) is 2.50. The summed E-state index contributed by atoms with van der Waals surface area (Å²) in [5.74, 6) is 0.254. The monoisotopic (exact) mass is 286 g/mol. The lowest BCUT2D eigenvalue weighted by atomic mass is 10.1. The molecule has 5 nitrogen and oxygen atoms in total. The van der Waals surface area contributed by atoms with Gasteiger partial charge in [-0.15, -0.1) is 0 Å². The lowest BCUT2D eigenvalue weighted by molar-refractivity contribution is 0.102. The van der Waals surface area contributed by atoms with Gasteiger partial charge in [0.05, 0.1) is 19.4 Å². The number of methoxy groups -OCH3 is 2. The molecule has 0 spiro atoms. The van der Waals surface area contributed by atoms with Gasteiger partial charge in [-0.05, 0) is 24.3 Å². The quantitative estimate of drug-likeness (QED) is 0.829. The number of carbonyl (C=O) groups excluding carboxylic acids is 1. The summed E-state index contributed by atoms with van der Waals surface area (Å²) in [5.41, 5.74) is 8.35. The number of nitrogens with one attached hydrogen (secondary N) is 1. The van der Waals surface area contributed by atoms with Crippen molar-refractivity contribution in [1.82, 2.24) is 0 Å². The largest absolute Gasteiger partial charge is 0.495 e. The normalized spacial score (nSPS) is 10.2. The molecule has 21 heavy (non-hydrogen) atoms. The van der Waals surface area contributed by atoms with Gasteiger partial charge in [-0.3, -0.25) is 4.79 Å². The van der Waals surface area contributed by atoms with Crippen molar-refractivity contribution < 1.29 is 14.3 Å². The van der Waals surface area contributed by atoms with Crippen LogP contribution in [0.25, 0.3) is 0 Å². The molecule has 0 saturated carbocycles. The molecule has 0 aliphatic carbocycles. The molecule has 0 bridgehead atoms. The molecule has 5 heteroatoms. The topological polar surface area (TPSA) is 73.6 Å². The number of ether oxygens (including phenoxy) is 2. The Bertz CT molecular complexity index is 641. The predicted molar refractivity (Wildman–Crippen MR) is 82.5 cm³/mol. The Morgan fingerprint density at radius 3 is 2.67 bits per heavy atom. The molecule has 0 aliphatic rings. The molecule has 1 amide bonds. The fourth-order valence-electron chi connectivity index (χ4n) is 1.97. The third kappa shape index (κ3) is 3.52. The first-order valence-electron chi connectivity index (χ1n) is 6.47. The van der Waals surface area contributed by atoms with E-state index in [-0.39, 0.29) is 5.91 Å². The molecule has 0 heterocycles. The van der Waals surface area contributed by atoms with Gasteiger partial charge in [-0.1, -0.05) is 18.2 Å². The molecule has 2 rings (SSSR count). The highest BCUT2D eigenvalue weighted by molar-refractivity contribution is 6.05. The van der Waals surface area contributed by atoms with Crippen molar-refractivity contribution in [3.05, 3.63) is 53.6 Å². The Morgan fingerprint density at radius 2 is 1.95 bits per heavy atom. The van der Waals surface area contributed by atoms with Crippen LogP contribution >= 0.6 is 0 Å². The van der Waals surface area contributed by atoms with E-state index in [1.54, 1.807) is 25.3 Å². The first-order chi connectivity index (χ1) is 10.2. The number of benzene rings is 2. The van der Waals surface area contributed by atoms with Crippen molar-refractivity contribution in [2.75, 3.05) is 25.3 Å². The maximum Gasteiger partial charge on any atom is 0.255 e. The van der Waals surface area contributed by atoms with Gasteiger partial charge in [0.25, 0.3) is 5.91 Å². The first kappa shape index (κ1) is 14.9. The summed E-state index contributed by atoms with van der Waals surface area (Å²) in [4.78, 5) is 12.3. The summed E-state index contributed by atoms with van der Waals surface area (Å²) >= 11 is 0. The molecule has 0 radical (unpaired) electrons. The number of anilines is 2. The van der Waals surface area contributed by atoms with Crippen LogP contribution in [0.15, 0.2) is 42.5 Å². The number of hydrogen-bond acceptors (Lipinski definition) is 4. The number of nitrogens with two attached hydrogens (primary N) is 1. The lowest BCUT2D eigenvalue weighted by Gasteiger charge is -2.11. The smallest absolute Gasteiger partial charge is 0.255 e. The average molecular weight is 286 g/mol.